The van der Waals surface area contributed by atoms with Crippen molar-refractivity contribution in [3.63, 3.8) is 0 Å². The van der Waals surface area contributed by atoms with Crippen LogP contribution in [-0.2, 0) is 6.42 Å². The van der Waals surface area contributed by atoms with E-state index in [0.29, 0.717) is 6.61 Å². The van der Waals surface area contributed by atoms with Gasteiger partial charge in [-0.15, -0.1) is 0 Å². The van der Waals surface area contributed by atoms with Crippen LogP contribution in [0.2, 0.25) is 0 Å². The molecule has 6 nitrogen and oxygen atoms in total. The molecule has 0 aliphatic carbocycles. The summed E-state index contributed by atoms with van der Waals surface area (Å²) in [5.74, 6) is 1.74. The molecule has 2 heterocycles. The van der Waals surface area contributed by atoms with Crippen LogP contribution in [0, 0.1) is 0 Å². The third kappa shape index (κ3) is 6.02. The molecule has 0 aliphatic heterocycles. The topological polar surface area (TPSA) is 63.0 Å². The fourth-order valence-corrected chi connectivity index (χ4v) is 2.72. The highest BCUT2D eigenvalue weighted by Gasteiger charge is 2.02. The lowest BCUT2D eigenvalue weighted by Crippen LogP contribution is -2.38. The first-order valence-corrected chi connectivity index (χ1v) is 9.48. The summed E-state index contributed by atoms with van der Waals surface area (Å²) in [5.41, 5.74) is 2.05. The number of para-hydroxylation sites is 1. The van der Waals surface area contributed by atoms with Gasteiger partial charge in [-0.2, -0.15) is 0 Å². The number of rotatable bonds is 9. The second-order valence-corrected chi connectivity index (χ2v) is 6.15. The zero-order valence-corrected chi connectivity index (χ0v) is 15.8. The number of guanidine groups is 1. The average Bonchev–Trinajstić information content (AvgIpc) is 3.11. The van der Waals surface area contributed by atoms with Gasteiger partial charge in [0.2, 0.25) is 0 Å². The number of fused-ring (bicyclic) bond motifs is 1. The van der Waals surface area contributed by atoms with E-state index in [1.165, 1.54) is 0 Å². The van der Waals surface area contributed by atoms with Crippen LogP contribution in [0.5, 0.6) is 5.75 Å². The van der Waals surface area contributed by atoms with Gasteiger partial charge in [0.25, 0.3) is 0 Å². The fourth-order valence-electron chi connectivity index (χ4n) is 2.72. The molecule has 142 valence electrons. The van der Waals surface area contributed by atoms with E-state index < -0.39 is 0 Å². The van der Waals surface area contributed by atoms with Crippen molar-refractivity contribution in [3.05, 3.63) is 66.6 Å². The van der Waals surface area contributed by atoms with Crippen molar-refractivity contribution >= 4 is 11.6 Å². The number of nitrogens with zero attached hydrogens (tertiary/aromatic N) is 3. The van der Waals surface area contributed by atoms with E-state index in [0.717, 1.165) is 55.5 Å². The molecule has 0 saturated heterocycles. The Hall–Kier alpha value is -3.02. The number of imidazole rings is 1. The van der Waals surface area contributed by atoms with Crippen LogP contribution in [0.4, 0.5) is 0 Å². The number of nitrogens with one attached hydrogen (secondary N) is 2. The summed E-state index contributed by atoms with van der Waals surface area (Å²) in [5, 5.41) is 6.65. The van der Waals surface area contributed by atoms with E-state index in [-0.39, 0.29) is 0 Å². The molecule has 0 fully saturated rings. The third-order valence-electron chi connectivity index (χ3n) is 4.02. The van der Waals surface area contributed by atoms with Crippen molar-refractivity contribution in [3.8, 4) is 5.75 Å². The summed E-state index contributed by atoms with van der Waals surface area (Å²) in [6, 6.07) is 15.9. The first-order chi connectivity index (χ1) is 13.3. The van der Waals surface area contributed by atoms with E-state index in [2.05, 4.69) is 33.7 Å². The number of aliphatic imine (C=N–C) groups is 1. The highest BCUT2D eigenvalue weighted by atomic mass is 16.5. The second-order valence-electron chi connectivity index (χ2n) is 6.15. The Morgan fingerprint density at radius 1 is 1.11 bits per heavy atom. The van der Waals surface area contributed by atoms with Crippen LogP contribution in [0.1, 0.15) is 19.0 Å². The van der Waals surface area contributed by atoms with Crippen molar-refractivity contribution in [2.45, 2.75) is 19.8 Å². The van der Waals surface area contributed by atoms with Crippen LogP contribution in [-0.4, -0.2) is 41.6 Å². The molecule has 6 heteroatoms. The molecule has 27 heavy (non-hydrogen) atoms. The Labute approximate surface area is 160 Å². The molecule has 0 spiro atoms. The number of pyridine rings is 1. The molecule has 3 aromatic rings. The fraction of sp³-hybridized carbons (Fsp3) is 0.333. The van der Waals surface area contributed by atoms with Crippen molar-refractivity contribution in [1.82, 2.24) is 20.0 Å². The van der Waals surface area contributed by atoms with E-state index in [9.17, 15) is 0 Å². The number of benzene rings is 1. The van der Waals surface area contributed by atoms with Gasteiger partial charge in [-0.1, -0.05) is 24.3 Å². The van der Waals surface area contributed by atoms with Crippen LogP contribution < -0.4 is 15.4 Å². The van der Waals surface area contributed by atoms with E-state index in [1.54, 1.807) is 0 Å². The molecular weight excluding hydrogens is 338 g/mol. The quantitative estimate of drug-likeness (QED) is 0.348. The molecular formula is C21H27N5O. The van der Waals surface area contributed by atoms with Gasteiger partial charge in [0.05, 0.1) is 12.3 Å². The first-order valence-electron chi connectivity index (χ1n) is 9.48. The zero-order valence-electron chi connectivity index (χ0n) is 15.8. The van der Waals surface area contributed by atoms with Gasteiger partial charge in [0, 0.05) is 44.9 Å². The molecule has 0 aliphatic rings. The van der Waals surface area contributed by atoms with Crippen molar-refractivity contribution in [2.24, 2.45) is 4.99 Å². The highest BCUT2D eigenvalue weighted by molar-refractivity contribution is 5.79. The van der Waals surface area contributed by atoms with Gasteiger partial charge in [0.15, 0.2) is 5.96 Å². The number of ether oxygens (including phenoxy) is 1. The maximum absolute atomic E-state index is 5.69. The first kappa shape index (κ1) is 18.8. The molecule has 0 saturated carbocycles. The van der Waals surface area contributed by atoms with Gasteiger partial charge in [0.1, 0.15) is 11.4 Å². The zero-order chi connectivity index (χ0) is 18.7. The summed E-state index contributed by atoms with van der Waals surface area (Å²) in [6.45, 7) is 5.07. The van der Waals surface area contributed by atoms with Crippen LogP contribution >= 0.6 is 0 Å². The minimum Gasteiger partial charge on any atom is -0.494 e. The monoisotopic (exact) mass is 365 g/mol. The molecule has 0 atom stereocenters. The summed E-state index contributed by atoms with van der Waals surface area (Å²) in [6.07, 6.45) is 5.81. The molecule has 0 amide bonds. The average molecular weight is 365 g/mol. The lowest BCUT2D eigenvalue weighted by atomic mass is 10.3. The Kier molecular flexibility index (Phi) is 7.09. The number of hydrogen-bond donors (Lipinski definition) is 2. The molecule has 0 radical (unpaired) electrons. The van der Waals surface area contributed by atoms with Gasteiger partial charge in [-0.25, -0.2) is 4.98 Å². The molecule has 1 aromatic carbocycles. The summed E-state index contributed by atoms with van der Waals surface area (Å²) in [4.78, 5) is 9.22. The smallest absolute Gasteiger partial charge is 0.191 e. The maximum atomic E-state index is 5.69. The highest BCUT2D eigenvalue weighted by Crippen LogP contribution is 2.08. The van der Waals surface area contributed by atoms with Crippen LogP contribution in [0.15, 0.2) is 65.9 Å². The largest absolute Gasteiger partial charge is 0.494 e. The molecule has 2 N–H and O–H groups in total. The minimum atomic E-state index is 0.661. The summed E-state index contributed by atoms with van der Waals surface area (Å²) < 4.78 is 7.74. The van der Waals surface area contributed by atoms with Gasteiger partial charge in [-0.05, 0) is 31.2 Å². The maximum Gasteiger partial charge on any atom is 0.191 e. The van der Waals surface area contributed by atoms with Crippen LogP contribution in [0.3, 0.4) is 0 Å². The van der Waals surface area contributed by atoms with Crippen molar-refractivity contribution in [2.75, 3.05) is 26.2 Å². The summed E-state index contributed by atoms with van der Waals surface area (Å²) >= 11 is 0. The molecule has 0 bridgehead atoms. The minimum absolute atomic E-state index is 0.661. The van der Waals surface area contributed by atoms with E-state index in [4.69, 9.17) is 4.74 Å². The van der Waals surface area contributed by atoms with Crippen molar-refractivity contribution in [1.29, 1.82) is 0 Å². The van der Waals surface area contributed by atoms with Gasteiger partial charge < -0.3 is 19.8 Å². The number of hydrogen-bond acceptors (Lipinski definition) is 3. The van der Waals surface area contributed by atoms with E-state index >= 15 is 0 Å². The Balaban J connectivity index is 1.40. The van der Waals surface area contributed by atoms with E-state index in [1.807, 2.05) is 59.1 Å². The predicted octanol–water partition coefficient (Wildman–Crippen LogP) is 2.90. The second kappa shape index (κ2) is 10.2. The molecule has 0 unspecified atom stereocenters. The third-order valence-corrected chi connectivity index (χ3v) is 4.02. The van der Waals surface area contributed by atoms with Gasteiger partial charge >= 0.3 is 0 Å². The molecule has 2 aromatic heterocycles. The lowest BCUT2D eigenvalue weighted by Gasteiger charge is -2.11. The standard InChI is InChI=1S/C21H27N5O/c1-2-22-21(23-13-8-16-27-19-9-4-3-5-10-19)24-14-12-18-17-26-15-7-6-11-20(26)25-18/h3-7,9-11,15,17H,2,8,12-14,16H2,1H3,(H2,22,23,24). The number of aromatic nitrogens is 2. The summed E-state index contributed by atoms with van der Waals surface area (Å²) in [7, 11) is 0. The lowest BCUT2D eigenvalue weighted by molar-refractivity contribution is 0.313. The van der Waals surface area contributed by atoms with Crippen molar-refractivity contribution < 1.29 is 4.74 Å². The predicted molar refractivity (Wildman–Crippen MR) is 109 cm³/mol. The Morgan fingerprint density at radius 3 is 2.78 bits per heavy atom. The Morgan fingerprint density at radius 2 is 1.96 bits per heavy atom. The molecule has 3 rings (SSSR count). The normalized spacial score (nSPS) is 11.5. The van der Waals surface area contributed by atoms with Crippen LogP contribution in [0.25, 0.3) is 5.65 Å². The SMILES string of the molecule is CCNC(=NCCCOc1ccccc1)NCCc1cn2ccccc2n1. The van der Waals surface area contributed by atoms with Gasteiger partial charge in [-0.3, -0.25) is 4.99 Å². The Bertz CT molecular complexity index is 811.